The third-order valence-corrected chi connectivity index (χ3v) is 2.84. The first-order valence-corrected chi connectivity index (χ1v) is 6.55. The summed E-state index contributed by atoms with van der Waals surface area (Å²) in [4.78, 5) is 23.6. The molecule has 0 aliphatic carbocycles. The van der Waals surface area contributed by atoms with Gasteiger partial charge in [-0.25, -0.2) is 4.79 Å². The lowest BCUT2D eigenvalue weighted by Crippen LogP contribution is -2.49. The van der Waals surface area contributed by atoms with Crippen LogP contribution in [0.2, 0.25) is 0 Å². The molecule has 5 nitrogen and oxygen atoms in total. The SMILES string of the molecule is COC(=O)[C@H](NC(=O)[C@H](C)Oc1ccccc1)C(C)C. The zero-order valence-electron chi connectivity index (χ0n) is 12.3. The minimum absolute atomic E-state index is 0.0599. The highest BCUT2D eigenvalue weighted by atomic mass is 16.5. The molecule has 110 valence electrons. The van der Waals surface area contributed by atoms with E-state index in [0.717, 1.165) is 0 Å². The van der Waals surface area contributed by atoms with Gasteiger partial charge < -0.3 is 14.8 Å². The van der Waals surface area contributed by atoms with E-state index < -0.39 is 18.1 Å². The summed E-state index contributed by atoms with van der Waals surface area (Å²) >= 11 is 0. The molecule has 1 amide bonds. The topological polar surface area (TPSA) is 64.6 Å². The largest absolute Gasteiger partial charge is 0.481 e. The molecule has 5 heteroatoms. The van der Waals surface area contributed by atoms with Gasteiger partial charge in [-0.2, -0.15) is 0 Å². The standard InChI is InChI=1S/C15H21NO4/c1-10(2)13(15(18)19-4)16-14(17)11(3)20-12-8-6-5-7-9-12/h5-11,13H,1-4H3,(H,16,17)/t11-,13+/m0/s1. The van der Waals surface area contributed by atoms with Crippen LogP contribution in [0.1, 0.15) is 20.8 Å². The second-order valence-corrected chi connectivity index (χ2v) is 4.83. The third-order valence-electron chi connectivity index (χ3n) is 2.84. The van der Waals surface area contributed by atoms with E-state index in [-0.39, 0.29) is 11.8 Å². The lowest BCUT2D eigenvalue weighted by atomic mass is 10.0. The zero-order chi connectivity index (χ0) is 15.1. The van der Waals surface area contributed by atoms with Gasteiger partial charge in [0.15, 0.2) is 6.10 Å². The summed E-state index contributed by atoms with van der Waals surface area (Å²) in [5, 5.41) is 2.65. The average molecular weight is 279 g/mol. The summed E-state index contributed by atoms with van der Waals surface area (Å²) in [6.45, 7) is 5.31. The lowest BCUT2D eigenvalue weighted by molar-refractivity contribution is -0.147. The molecule has 0 aliphatic heterocycles. The van der Waals surface area contributed by atoms with Crippen LogP contribution in [0.25, 0.3) is 0 Å². The van der Waals surface area contributed by atoms with Gasteiger partial charge in [-0.15, -0.1) is 0 Å². The molecule has 20 heavy (non-hydrogen) atoms. The summed E-state index contributed by atoms with van der Waals surface area (Å²) < 4.78 is 10.2. The van der Waals surface area contributed by atoms with Crippen LogP contribution in [0.4, 0.5) is 0 Å². The van der Waals surface area contributed by atoms with E-state index in [1.54, 1.807) is 19.1 Å². The van der Waals surface area contributed by atoms with Crippen LogP contribution in [-0.4, -0.2) is 31.1 Å². The Hall–Kier alpha value is -2.04. The van der Waals surface area contributed by atoms with E-state index in [1.165, 1.54) is 7.11 Å². The molecule has 1 N–H and O–H groups in total. The van der Waals surface area contributed by atoms with Crippen LogP contribution in [0.15, 0.2) is 30.3 Å². The minimum Gasteiger partial charge on any atom is -0.481 e. The molecular weight excluding hydrogens is 258 g/mol. The first-order valence-electron chi connectivity index (χ1n) is 6.55. The van der Waals surface area contributed by atoms with Crippen molar-refractivity contribution in [1.82, 2.24) is 5.32 Å². The number of hydrogen-bond acceptors (Lipinski definition) is 4. The zero-order valence-corrected chi connectivity index (χ0v) is 12.3. The van der Waals surface area contributed by atoms with Crippen LogP contribution in [0.5, 0.6) is 5.75 Å². The van der Waals surface area contributed by atoms with Crippen molar-refractivity contribution in [3.05, 3.63) is 30.3 Å². The second kappa shape index (κ2) is 7.53. The van der Waals surface area contributed by atoms with Gasteiger partial charge >= 0.3 is 5.97 Å². The number of rotatable bonds is 6. The number of hydrogen-bond donors (Lipinski definition) is 1. The molecule has 0 saturated carbocycles. The molecule has 0 saturated heterocycles. The number of para-hydroxylation sites is 1. The Kier molecular flexibility index (Phi) is 6.03. The van der Waals surface area contributed by atoms with Crippen molar-refractivity contribution in [3.8, 4) is 5.75 Å². The fourth-order valence-electron chi connectivity index (χ4n) is 1.65. The summed E-state index contributed by atoms with van der Waals surface area (Å²) in [7, 11) is 1.30. The van der Waals surface area contributed by atoms with Crippen molar-refractivity contribution < 1.29 is 19.1 Å². The third kappa shape index (κ3) is 4.57. The molecule has 0 unspecified atom stereocenters. The second-order valence-electron chi connectivity index (χ2n) is 4.83. The highest BCUT2D eigenvalue weighted by Crippen LogP contribution is 2.11. The van der Waals surface area contributed by atoms with Crippen molar-refractivity contribution in [3.63, 3.8) is 0 Å². The van der Waals surface area contributed by atoms with Crippen molar-refractivity contribution in [2.45, 2.75) is 32.9 Å². The number of esters is 1. The number of carbonyl (C=O) groups is 2. The Morgan fingerprint density at radius 3 is 2.20 bits per heavy atom. The average Bonchev–Trinajstić information content (AvgIpc) is 2.44. The monoisotopic (exact) mass is 279 g/mol. The molecule has 1 aromatic carbocycles. The van der Waals surface area contributed by atoms with E-state index in [9.17, 15) is 9.59 Å². The Balaban J connectivity index is 2.62. The van der Waals surface area contributed by atoms with Gasteiger partial charge in [0.05, 0.1) is 7.11 Å². The highest BCUT2D eigenvalue weighted by Gasteiger charge is 2.27. The summed E-state index contributed by atoms with van der Waals surface area (Å²) in [5.41, 5.74) is 0. The first kappa shape index (κ1) is 16.0. The maximum Gasteiger partial charge on any atom is 0.328 e. The van der Waals surface area contributed by atoms with E-state index in [0.29, 0.717) is 5.75 Å². The minimum atomic E-state index is -0.691. The van der Waals surface area contributed by atoms with E-state index in [4.69, 9.17) is 4.74 Å². The van der Waals surface area contributed by atoms with Crippen molar-refractivity contribution in [2.24, 2.45) is 5.92 Å². The Bertz CT molecular complexity index is 444. The van der Waals surface area contributed by atoms with Crippen LogP contribution >= 0.6 is 0 Å². The number of benzene rings is 1. The van der Waals surface area contributed by atoms with Crippen molar-refractivity contribution in [1.29, 1.82) is 0 Å². The normalized spacial score (nSPS) is 13.4. The molecule has 0 fully saturated rings. The number of carbonyl (C=O) groups excluding carboxylic acids is 2. The molecule has 1 rings (SSSR count). The fraction of sp³-hybridized carbons (Fsp3) is 0.467. The van der Waals surface area contributed by atoms with Gasteiger partial charge in [-0.1, -0.05) is 32.0 Å². The first-order chi connectivity index (χ1) is 9.45. The molecule has 2 atom stereocenters. The summed E-state index contributed by atoms with van der Waals surface area (Å²) in [5.74, 6) is -0.261. The quantitative estimate of drug-likeness (QED) is 0.806. The number of nitrogens with one attached hydrogen (secondary N) is 1. The Labute approximate surface area is 119 Å². The van der Waals surface area contributed by atoms with Gasteiger partial charge in [0.2, 0.25) is 0 Å². The fourth-order valence-corrected chi connectivity index (χ4v) is 1.65. The van der Waals surface area contributed by atoms with Crippen molar-refractivity contribution in [2.75, 3.05) is 7.11 Å². The van der Waals surface area contributed by atoms with Crippen LogP contribution in [0.3, 0.4) is 0 Å². The van der Waals surface area contributed by atoms with Gasteiger partial charge in [0.25, 0.3) is 5.91 Å². The van der Waals surface area contributed by atoms with E-state index >= 15 is 0 Å². The number of ether oxygens (including phenoxy) is 2. The highest BCUT2D eigenvalue weighted by molar-refractivity contribution is 5.87. The Morgan fingerprint density at radius 1 is 1.10 bits per heavy atom. The molecule has 0 aromatic heterocycles. The lowest BCUT2D eigenvalue weighted by Gasteiger charge is -2.22. The summed E-state index contributed by atoms with van der Waals surface area (Å²) in [6.07, 6.45) is -0.691. The maximum absolute atomic E-state index is 12.0. The Morgan fingerprint density at radius 2 is 1.70 bits per heavy atom. The molecule has 0 bridgehead atoms. The van der Waals surface area contributed by atoms with Crippen LogP contribution in [0, 0.1) is 5.92 Å². The molecule has 0 radical (unpaired) electrons. The van der Waals surface area contributed by atoms with Crippen molar-refractivity contribution >= 4 is 11.9 Å². The van der Waals surface area contributed by atoms with Gasteiger partial charge in [0.1, 0.15) is 11.8 Å². The van der Waals surface area contributed by atoms with Crippen LogP contribution < -0.4 is 10.1 Å². The number of methoxy groups -OCH3 is 1. The molecule has 0 heterocycles. The van der Waals surface area contributed by atoms with E-state index in [2.05, 4.69) is 10.1 Å². The van der Waals surface area contributed by atoms with Gasteiger partial charge in [-0.3, -0.25) is 4.79 Å². The van der Waals surface area contributed by atoms with Crippen LogP contribution in [-0.2, 0) is 14.3 Å². The number of amides is 1. The van der Waals surface area contributed by atoms with Gasteiger partial charge in [0, 0.05) is 0 Å². The predicted octanol–water partition coefficient (Wildman–Crippen LogP) is 1.77. The van der Waals surface area contributed by atoms with Gasteiger partial charge in [-0.05, 0) is 25.0 Å². The van der Waals surface area contributed by atoms with E-state index in [1.807, 2.05) is 32.0 Å². The molecule has 0 aliphatic rings. The summed E-state index contributed by atoms with van der Waals surface area (Å²) in [6, 6.07) is 8.38. The molecule has 0 spiro atoms. The molecule has 1 aromatic rings. The molecular formula is C15H21NO4. The maximum atomic E-state index is 12.0. The predicted molar refractivity (Wildman–Crippen MR) is 75.3 cm³/mol. The smallest absolute Gasteiger partial charge is 0.328 e.